The highest BCUT2D eigenvalue weighted by molar-refractivity contribution is 9.10. The van der Waals surface area contributed by atoms with Gasteiger partial charge in [-0.2, -0.15) is 0 Å². The number of benzene rings is 2. The molecule has 2 N–H and O–H groups in total. The van der Waals surface area contributed by atoms with Gasteiger partial charge in [0, 0.05) is 23.1 Å². The van der Waals surface area contributed by atoms with Gasteiger partial charge in [-0.1, -0.05) is 39.4 Å². The fraction of sp³-hybridized carbons (Fsp3) is 0.125. The van der Waals surface area contributed by atoms with Crippen molar-refractivity contribution in [3.05, 3.63) is 58.6 Å². The van der Waals surface area contributed by atoms with E-state index in [0.29, 0.717) is 18.7 Å². The lowest BCUT2D eigenvalue weighted by atomic mass is 10.2. The minimum absolute atomic E-state index is 0.0707. The SMILES string of the molecule is O=C(NCCNc1nc2ccccc2s1)c1ccc(Br)cc1. The van der Waals surface area contributed by atoms with Crippen molar-refractivity contribution in [3.63, 3.8) is 0 Å². The Morgan fingerprint density at radius 3 is 2.64 bits per heavy atom. The second-order valence-electron chi connectivity index (χ2n) is 4.68. The van der Waals surface area contributed by atoms with Crippen LogP contribution in [0.15, 0.2) is 53.0 Å². The van der Waals surface area contributed by atoms with E-state index in [2.05, 4.69) is 31.5 Å². The number of rotatable bonds is 5. The molecule has 0 bridgehead atoms. The van der Waals surface area contributed by atoms with Crippen LogP contribution in [0.5, 0.6) is 0 Å². The van der Waals surface area contributed by atoms with Crippen molar-refractivity contribution in [2.45, 2.75) is 0 Å². The molecule has 1 amide bonds. The summed E-state index contributed by atoms with van der Waals surface area (Å²) in [4.78, 5) is 16.4. The number of para-hydroxylation sites is 1. The fourth-order valence-corrected chi connectivity index (χ4v) is 3.15. The molecule has 0 aliphatic rings. The van der Waals surface area contributed by atoms with Crippen LogP contribution in [0.2, 0.25) is 0 Å². The molecule has 112 valence electrons. The van der Waals surface area contributed by atoms with E-state index in [1.165, 1.54) is 0 Å². The van der Waals surface area contributed by atoms with Gasteiger partial charge in [0.25, 0.3) is 5.91 Å². The van der Waals surface area contributed by atoms with Gasteiger partial charge in [0.15, 0.2) is 5.13 Å². The van der Waals surface area contributed by atoms with Crippen LogP contribution in [0.3, 0.4) is 0 Å². The molecule has 4 nitrogen and oxygen atoms in total. The van der Waals surface area contributed by atoms with Crippen LogP contribution in [0, 0.1) is 0 Å². The number of nitrogens with one attached hydrogen (secondary N) is 2. The zero-order valence-corrected chi connectivity index (χ0v) is 14.1. The first-order valence-electron chi connectivity index (χ1n) is 6.85. The minimum Gasteiger partial charge on any atom is -0.360 e. The van der Waals surface area contributed by atoms with Crippen LogP contribution >= 0.6 is 27.3 Å². The van der Waals surface area contributed by atoms with E-state index in [9.17, 15) is 4.79 Å². The zero-order chi connectivity index (χ0) is 15.4. The van der Waals surface area contributed by atoms with E-state index in [-0.39, 0.29) is 5.91 Å². The summed E-state index contributed by atoms with van der Waals surface area (Å²) in [5, 5.41) is 6.99. The van der Waals surface area contributed by atoms with Crippen LogP contribution in [0.1, 0.15) is 10.4 Å². The van der Waals surface area contributed by atoms with Crippen molar-refractivity contribution in [1.29, 1.82) is 0 Å². The largest absolute Gasteiger partial charge is 0.360 e. The molecule has 0 unspecified atom stereocenters. The third kappa shape index (κ3) is 3.64. The minimum atomic E-state index is -0.0707. The maximum Gasteiger partial charge on any atom is 0.251 e. The molecule has 0 aliphatic heterocycles. The number of thiazole rings is 1. The monoisotopic (exact) mass is 375 g/mol. The number of carbonyl (C=O) groups is 1. The van der Waals surface area contributed by atoms with Crippen LogP contribution in [0.4, 0.5) is 5.13 Å². The third-order valence-corrected chi connectivity index (χ3v) is 4.61. The number of hydrogen-bond acceptors (Lipinski definition) is 4. The molecular formula is C16H14BrN3OS. The molecule has 0 radical (unpaired) electrons. The van der Waals surface area contributed by atoms with Gasteiger partial charge in [0.2, 0.25) is 0 Å². The van der Waals surface area contributed by atoms with Crippen LogP contribution in [-0.2, 0) is 0 Å². The topological polar surface area (TPSA) is 54.0 Å². The summed E-state index contributed by atoms with van der Waals surface area (Å²) >= 11 is 4.97. The second kappa shape index (κ2) is 6.89. The van der Waals surface area contributed by atoms with Gasteiger partial charge in [0.05, 0.1) is 10.2 Å². The first-order chi connectivity index (χ1) is 10.7. The molecular weight excluding hydrogens is 362 g/mol. The van der Waals surface area contributed by atoms with E-state index >= 15 is 0 Å². The number of hydrogen-bond donors (Lipinski definition) is 2. The molecule has 0 fully saturated rings. The molecule has 0 atom stereocenters. The van der Waals surface area contributed by atoms with Gasteiger partial charge in [-0.25, -0.2) is 4.98 Å². The van der Waals surface area contributed by atoms with Gasteiger partial charge in [-0.3, -0.25) is 4.79 Å². The maximum atomic E-state index is 11.9. The third-order valence-electron chi connectivity index (χ3n) is 3.09. The molecule has 1 heterocycles. The Balaban J connectivity index is 1.49. The molecule has 1 aromatic heterocycles. The van der Waals surface area contributed by atoms with Crippen LogP contribution < -0.4 is 10.6 Å². The maximum absolute atomic E-state index is 11.9. The zero-order valence-electron chi connectivity index (χ0n) is 11.7. The smallest absolute Gasteiger partial charge is 0.251 e. The molecule has 3 rings (SSSR count). The standard InChI is InChI=1S/C16H14BrN3OS/c17-12-7-5-11(6-8-12)15(21)18-9-10-19-16-20-13-3-1-2-4-14(13)22-16/h1-8H,9-10H2,(H,18,21)(H,19,20). The molecule has 0 spiro atoms. The van der Waals surface area contributed by atoms with Crippen molar-refractivity contribution >= 4 is 48.5 Å². The summed E-state index contributed by atoms with van der Waals surface area (Å²) in [6.07, 6.45) is 0. The van der Waals surface area contributed by atoms with E-state index in [1.54, 1.807) is 23.5 Å². The highest BCUT2D eigenvalue weighted by Gasteiger charge is 2.05. The van der Waals surface area contributed by atoms with Gasteiger partial charge in [0.1, 0.15) is 0 Å². The summed E-state index contributed by atoms with van der Waals surface area (Å²) in [7, 11) is 0. The Bertz CT molecular complexity index is 752. The predicted molar refractivity (Wildman–Crippen MR) is 94.6 cm³/mol. The Labute approximate surface area is 140 Å². The number of nitrogens with zero attached hydrogens (tertiary/aromatic N) is 1. The molecule has 0 aliphatic carbocycles. The van der Waals surface area contributed by atoms with E-state index in [1.807, 2.05) is 36.4 Å². The summed E-state index contributed by atoms with van der Waals surface area (Å²) in [5.41, 5.74) is 1.65. The average molecular weight is 376 g/mol. The fourth-order valence-electron chi connectivity index (χ4n) is 2.00. The normalized spacial score (nSPS) is 10.6. The van der Waals surface area contributed by atoms with Gasteiger partial charge in [-0.15, -0.1) is 0 Å². The van der Waals surface area contributed by atoms with Crippen LogP contribution in [-0.4, -0.2) is 24.0 Å². The van der Waals surface area contributed by atoms with Gasteiger partial charge >= 0.3 is 0 Å². The average Bonchev–Trinajstić information content (AvgIpc) is 2.95. The second-order valence-corrected chi connectivity index (χ2v) is 6.62. The number of anilines is 1. The van der Waals surface area contributed by atoms with Crippen LogP contribution in [0.25, 0.3) is 10.2 Å². The van der Waals surface area contributed by atoms with E-state index in [0.717, 1.165) is 19.8 Å². The summed E-state index contributed by atoms with van der Waals surface area (Å²) < 4.78 is 2.12. The molecule has 22 heavy (non-hydrogen) atoms. The van der Waals surface area contributed by atoms with E-state index < -0.39 is 0 Å². The number of carbonyl (C=O) groups excluding carboxylic acids is 1. The summed E-state index contributed by atoms with van der Waals surface area (Å²) in [6, 6.07) is 15.3. The lowest BCUT2D eigenvalue weighted by Crippen LogP contribution is -2.28. The summed E-state index contributed by atoms with van der Waals surface area (Å²) in [5.74, 6) is -0.0707. The summed E-state index contributed by atoms with van der Waals surface area (Å²) in [6.45, 7) is 1.19. The van der Waals surface area contributed by atoms with Gasteiger partial charge < -0.3 is 10.6 Å². The van der Waals surface area contributed by atoms with Crippen molar-refractivity contribution in [2.75, 3.05) is 18.4 Å². The highest BCUT2D eigenvalue weighted by Crippen LogP contribution is 2.24. The van der Waals surface area contributed by atoms with E-state index in [4.69, 9.17) is 0 Å². The molecule has 0 saturated carbocycles. The number of aromatic nitrogens is 1. The molecule has 0 saturated heterocycles. The lowest BCUT2D eigenvalue weighted by molar-refractivity contribution is 0.0955. The van der Waals surface area contributed by atoms with Crippen molar-refractivity contribution < 1.29 is 4.79 Å². The predicted octanol–water partition coefficient (Wildman–Crippen LogP) is 3.90. The molecule has 2 aromatic carbocycles. The van der Waals surface area contributed by atoms with Crippen molar-refractivity contribution in [3.8, 4) is 0 Å². The first-order valence-corrected chi connectivity index (χ1v) is 8.46. The quantitative estimate of drug-likeness (QED) is 0.664. The number of fused-ring (bicyclic) bond motifs is 1. The molecule has 3 aromatic rings. The Hall–Kier alpha value is -1.92. The van der Waals surface area contributed by atoms with Crippen molar-refractivity contribution in [1.82, 2.24) is 10.3 Å². The highest BCUT2D eigenvalue weighted by atomic mass is 79.9. The van der Waals surface area contributed by atoms with Gasteiger partial charge in [-0.05, 0) is 36.4 Å². The molecule has 6 heteroatoms. The Kier molecular flexibility index (Phi) is 4.70. The number of amides is 1. The first kappa shape index (κ1) is 15.0. The Morgan fingerprint density at radius 1 is 1.09 bits per heavy atom. The number of halogens is 1. The lowest BCUT2D eigenvalue weighted by Gasteiger charge is -2.06. The Morgan fingerprint density at radius 2 is 1.86 bits per heavy atom. The van der Waals surface area contributed by atoms with Crippen molar-refractivity contribution in [2.24, 2.45) is 0 Å².